The molecule has 2 aromatic rings. The lowest BCUT2D eigenvalue weighted by Gasteiger charge is -2.14. The maximum absolute atomic E-state index is 5.43. The molecule has 0 radical (unpaired) electrons. The number of halogens is 1. The van der Waals surface area contributed by atoms with Crippen LogP contribution in [0.1, 0.15) is 5.76 Å². The Labute approximate surface area is 110 Å². The third-order valence-corrected chi connectivity index (χ3v) is 2.88. The summed E-state index contributed by atoms with van der Waals surface area (Å²) < 4.78 is 6.19. The summed E-state index contributed by atoms with van der Waals surface area (Å²) in [6.45, 7) is 0.683. The Balaban J connectivity index is 2.01. The minimum Gasteiger partial charge on any atom is -0.452 e. The third kappa shape index (κ3) is 3.27. The monoisotopic (exact) mass is 294 g/mol. The van der Waals surface area contributed by atoms with Crippen LogP contribution in [0.4, 0.5) is 11.4 Å². The van der Waals surface area contributed by atoms with Gasteiger partial charge in [0.25, 0.3) is 0 Å². The molecule has 3 nitrogen and oxygen atoms in total. The molecule has 1 N–H and O–H groups in total. The zero-order chi connectivity index (χ0) is 12.3. The largest absolute Gasteiger partial charge is 0.452 e. The molecule has 4 heteroatoms. The Morgan fingerprint density at radius 1 is 1.24 bits per heavy atom. The number of nitrogens with one attached hydrogen (secondary N) is 1. The molecular weight excluding hydrogens is 280 g/mol. The number of rotatable bonds is 4. The van der Waals surface area contributed by atoms with E-state index in [1.807, 2.05) is 38.4 Å². The topological polar surface area (TPSA) is 28.4 Å². The maximum atomic E-state index is 5.43. The van der Waals surface area contributed by atoms with Crippen molar-refractivity contribution in [3.63, 3.8) is 0 Å². The van der Waals surface area contributed by atoms with Crippen molar-refractivity contribution >= 4 is 27.3 Å². The van der Waals surface area contributed by atoms with Crippen LogP contribution in [0.5, 0.6) is 0 Å². The van der Waals surface area contributed by atoms with Gasteiger partial charge in [-0.25, -0.2) is 0 Å². The third-order valence-electron chi connectivity index (χ3n) is 2.46. The van der Waals surface area contributed by atoms with Crippen LogP contribution in [0.3, 0.4) is 0 Å². The van der Waals surface area contributed by atoms with Gasteiger partial charge in [0.05, 0.1) is 6.54 Å². The van der Waals surface area contributed by atoms with Gasteiger partial charge in [-0.1, -0.05) is 6.07 Å². The predicted octanol–water partition coefficient (Wildman–Crippen LogP) is 3.72. The summed E-state index contributed by atoms with van der Waals surface area (Å²) >= 11 is 3.29. The molecule has 90 valence electrons. The van der Waals surface area contributed by atoms with Gasteiger partial charge in [-0.2, -0.15) is 0 Å². The molecule has 0 aliphatic carbocycles. The van der Waals surface area contributed by atoms with Gasteiger partial charge < -0.3 is 14.6 Å². The average molecular weight is 295 g/mol. The van der Waals surface area contributed by atoms with Crippen molar-refractivity contribution in [2.24, 2.45) is 0 Å². The van der Waals surface area contributed by atoms with Crippen LogP contribution >= 0.6 is 15.9 Å². The summed E-state index contributed by atoms with van der Waals surface area (Å²) in [7, 11) is 4.06. The molecular formula is C13H15BrN2O. The van der Waals surface area contributed by atoms with E-state index < -0.39 is 0 Å². The van der Waals surface area contributed by atoms with Gasteiger partial charge in [0, 0.05) is 25.5 Å². The van der Waals surface area contributed by atoms with Crippen LogP contribution in [-0.2, 0) is 6.54 Å². The summed E-state index contributed by atoms with van der Waals surface area (Å²) in [5.74, 6) is 0.909. The Bertz CT molecular complexity index is 494. The lowest BCUT2D eigenvalue weighted by Crippen LogP contribution is -2.09. The smallest absolute Gasteiger partial charge is 0.169 e. The molecule has 0 spiro atoms. The van der Waals surface area contributed by atoms with Gasteiger partial charge in [0.2, 0.25) is 0 Å². The number of anilines is 2. The molecule has 1 aromatic heterocycles. The fourth-order valence-corrected chi connectivity index (χ4v) is 1.87. The van der Waals surface area contributed by atoms with Crippen molar-refractivity contribution in [2.75, 3.05) is 24.3 Å². The molecule has 1 heterocycles. The molecule has 17 heavy (non-hydrogen) atoms. The zero-order valence-corrected chi connectivity index (χ0v) is 11.5. The quantitative estimate of drug-likeness (QED) is 0.932. The summed E-state index contributed by atoms with van der Waals surface area (Å²) in [5, 5.41) is 3.33. The number of hydrogen-bond acceptors (Lipinski definition) is 3. The minimum atomic E-state index is 0.683. The van der Waals surface area contributed by atoms with Crippen LogP contribution in [0.2, 0.25) is 0 Å². The number of benzene rings is 1. The van der Waals surface area contributed by atoms with E-state index in [2.05, 4.69) is 38.3 Å². The Kier molecular flexibility index (Phi) is 3.74. The second-order valence-electron chi connectivity index (χ2n) is 4.00. The van der Waals surface area contributed by atoms with E-state index in [9.17, 15) is 0 Å². The maximum Gasteiger partial charge on any atom is 0.169 e. The molecule has 0 aliphatic heterocycles. The van der Waals surface area contributed by atoms with E-state index in [-0.39, 0.29) is 0 Å². The molecule has 1 aromatic carbocycles. The molecule has 0 saturated carbocycles. The van der Waals surface area contributed by atoms with Gasteiger partial charge >= 0.3 is 0 Å². The van der Waals surface area contributed by atoms with Crippen LogP contribution in [0, 0.1) is 0 Å². The van der Waals surface area contributed by atoms with Gasteiger partial charge in [0.1, 0.15) is 5.76 Å². The zero-order valence-electron chi connectivity index (χ0n) is 9.90. The van der Waals surface area contributed by atoms with Crippen molar-refractivity contribution in [3.05, 3.63) is 46.8 Å². The first-order valence-corrected chi connectivity index (χ1v) is 6.20. The van der Waals surface area contributed by atoms with Gasteiger partial charge in [-0.15, -0.1) is 0 Å². The number of hydrogen-bond donors (Lipinski definition) is 1. The van der Waals surface area contributed by atoms with Crippen molar-refractivity contribution in [1.82, 2.24) is 0 Å². The molecule has 0 saturated heterocycles. The second kappa shape index (κ2) is 5.27. The van der Waals surface area contributed by atoms with Crippen LogP contribution in [0.25, 0.3) is 0 Å². The molecule has 0 atom stereocenters. The lowest BCUT2D eigenvalue weighted by molar-refractivity contribution is 0.495. The van der Waals surface area contributed by atoms with Gasteiger partial charge in [-0.05, 0) is 46.3 Å². The normalized spacial score (nSPS) is 10.3. The molecule has 2 rings (SSSR count). The highest BCUT2D eigenvalue weighted by Gasteiger charge is 2.00. The summed E-state index contributed by atoms with van der Waals surface area (Å²) in [6, 6.07) is 12.1. The Hall–Kier alpha value is -1.42. The first-order valence-electron chi connectivity index (χ1n) is 5.40. The molecule has 0 fully saturated rings. The SMILES string of the molecule is CN(C)c1cccc(NCc2ccc(Br)o2)c1. The van der Waals surface area contributed by atoms with E-state index in [1.54, 1.807) is 0 Å². The highest BCUT2D eigenvalue weighted by molar-refractivity contribution is 9.10. The van der Waals surface area contributed by atoms with E-state index >= 15 is 0 Å². The van der Waals surface area contributed by atoms with Gasteiger partial charge in [0.15, 0.2) is 4.67 Å². The minimum absolute atomic E-state index is 0.683. The molecule has 0 bridgehead atoms. The fourth-order valence-electron chi connectivity index (χ4n) is 1.53. The van der Waals surface area contributed by atoms with Crippen molar-refractivity contribution in [1.29, 1.82) is 0 Å². The van der Waals surface area contributed by atoms with Crippen molar-refractivity contribution in [2.45, 2.75) is 6.54 Å². The first kappa shape index (κ1) is 12.0. The van der Waals surface area contributed by atoms with Crippen LogP contribution in [0.15, 0.2) is 45.5 Å². The summed E-state index contributed by atoms with van der Waals surface area (Å²) in [4.78, 5) is 2.08. The average Bonchev–Trinajstić information content (AvgIpc) is 2.73. The van der Waals surface area contributed by atoms with E-state index in [0.29, 0.717) is 6.54 Å². The summed E-state index contributed by atoms with van der Waals surface area (Å²) in [6.07, 6.45) is 0. The Morgan fingerprint density at radius 2 is 2.06 bits per heavy atom. The predicted molar refractivity (Wildman–Crippen MR) is 74.5 cm³/mol. The lowest BCUT2D eigenvalue weighted by atomic mass is 10.2. The van der Waals surface area contributed by atoms with E-state index in [4.69, 9.17) is 4.42 Å². The molecule has 0 amide bonds. The van der Waals surface area contributed by atoms with Gasteiger partial charge in [-0.3, -0.25) is 0 Å². The van der Waals surface area contributed by atoms with Crippen molar-refractivity contribution < 1.29 is 4.42 Å². The first-order chi connectivity index (χ1) is 8.15. The van der Waals surface area contributed by atoms with Crippen LogP contribution < -0.4 is 10.2 Å². The highest BCUT2D eigenvalue weighted by atomic mass is 79.9. The van der Waals surface area contributed by atoms with Crippen LogP contribution in [-0.4, -0.2) is 14.1 Å². The highest BCUT2D eigenvalue weighted by Crippen LogP contribution is 2.19. The van der Waals surface area contributed by atoms with Crippen molar-refractivity contribution in [3.8, 4) is 0 Å². The standard InChI is InChI=1S/C13H15BrN2O/c1-16(2)11-5-3-4-10(8-11)15-9-12-6-7-13(14)17-12/h3-8,15H,9H2,1-2H3. The van der Waals surface area contributed by atoms with E-state index in [1.165, 1.54) is 5.69 Å². The number of nitrogens with zero attached hydrogens (tertiary/aromatic N) is 1. The molecule has 0 unspecified atom stereocenters. The fraction of sp³-hybridized carbons (Fsp3) is 0.231. The molecule has 0 aliphatic rings. The number of furan rings is 1. The van der Waals surface area contributed by atoms with E-state index in [0.717, 1.165) is 16.1 Å². The second-order valence-corrected chi connectivity index (χ2v) is 4.79. The Morgan fingerprint density at radius 3 is 2.71 bits per heavy atom. The summed E-state index contributed by atoms with van der Waals surface area (Å²) in [5.41, 5.74) is 2.26.